The fourth-order valence-electron chi connectivity index (χ4n) is 6.00. The van der Waals surface area contributed by atoms with Gasteiger partial charge in [0.15, 0.2) is 5.78 Å². The molecular weight excluding hydrogens is 558 g/mol. The topological polar surface area (TPSA) is 88.6 Å². The number of ketones is 2. The number of thiazole rings is 1. The van der Waals surface area contributed by atoms with Crippen molar-refractivity contribution in [2.24, 2.45) is 11.8 Å². The van der Waals surface area contributed by atoms with Gasteiger partial charge in [0.05, 0.1) is 34.4 Å². The van der Waals surface area contributed by atoms with Crippen LogP contribution in [-0.4, -0.2) is 66.2 Å². The zero-order valence-electron chi connectivity index (χ0n) is 24.3. The quantitative estimate of drug-likeness (QED) is 0.246. The van der Waals surface area contributed by atoms with Gasteiger partial charge in [-0.1, -0.05) is 44.4 Å². The first-order valence-electron chi connectivity index (χ1n) is 15.2. The van der Waals surface area contributed by atoms with Crippen molar-refractivity contribution in [2.75, 3.05) is 32.8 Å². The van der Waals surface area contributed by atoms with Crippen LogP contribution in [0, 0.1) is 11.8 Å². The van der Waals surface area contributed by atoms with Gasteiger partial charge >= 0.3 is 0 Å². The van der Waals surface area contributed by atoms with E-state index in [9.17, 15) is 14.4 Å². The molecule has 1 aliphatic carbocycles. The van der Waals surface area contributed by atoms with E-state index in [1.165, 1.54) is 17.8 Å². The first-order chi connectivity index (χ1) is 19.8. The van der Waals surface area contributed by atoms with Crippen LogP contribution in [0.25, 0.3) is 10.2 Å². The molecule has 1 aromatic heterocycles. The van der Waals surface area contributed by atoms with Crippen molar-refractivity contribution >= 4 is 50.6 Å². The van der Waals surface area contributed by atoms with E-state index in [-0.39, 0.29) is 29.9 Å². The fourth-order valence-corrected chi connectivity index (χ4v) is 7.32. The lowest BCUT2D eigenvalue weighted by Gasteiger charge is -2.32. The highest BCUT2D eigenvalue weighted by molar-refractivity contribution is 7.18. The van der Waals surface area contributed by atoms with Crippen LogP contribution in [0.5, 0.6) is 0 Å². The normalized spacial score (nSPS) is 18.2. The van der Waals surface area contributed by atoms with E-state index in [0.717, 1.165) is 60.4 Å². The molecular formula is C32H44ClN3O4S. The molecule has 41 heavy (non-hydrogen) atoms. The maximum absolute atomic E-state index is 13.8. The van der Waals surface area contributed by atoms with Gasteiger partial charge in [-0.3, -0.25) is 19.3 Å². The van der Waals surface area contributed by atoms with Gasteiger partial charge < -0.3 is 10.1 Å². The standard InChI is InChI=1S/C32H44ClN3O4S/c1-3-7-26(37)18-24(19-31-34-28-11-10-25(33)20-30(28)41-31)32(39)35-27(23-8-5-4-6-9-23)12-13-29(38)22(2)21-36-14-16-40-17-15-36/h10-11,20,23-24,27H,2-9,12-19,21H2,1H3,(H,35,39)/t24-,27+/m0/s1. The number of nitrogens with zero attached hydrogens (tertiary/aromatic N) is 2. The molecule has 1 amide bonds. The second kappa shape index (κ2) is 15.9. The largest absolute Gasteiger partial charge is 0.379 e. The number of rotatable bonds is 15. The van der Waals surface area contributed by atoms with E-state index in [0.29, 0.717) is 62.0 Å². The van der Waals surface area contributed by atoms with Crippen molar-refractivity contribution in [2.45, 2.75) is 83.6 Å². The van der Waals surface area contributed by atoms with Gasteiger partial charge in [-0.15, -0.1) is 11.3 Å². The highest BCUT2D eigenvalue weighted by Gasteiger charge is 2.30. The van der Waals surface area contributed by atoms with Crippen molar-refractivity contribution in [3.05, 3.63) is 40.4 Å². The van der Waals surface area contributed by atoms with E-state index in [1.807, 2.05) is 25.1 Å². The zero-order chi connectivity index (χ0) is 29.2. The Labute approximate surface area is 253 Å². The number of carbonyl (C=O) groups excluding carboxylic acids is 3. The molecule has 1 saturated heterocycles. The number of fused-ring (bicyclic) bond motifs is 1. The molecule has 4 rings (SSSR count). The van der Waals surface area contributed by atoms with Crippen LogP contribution in [0.2, 0.25) is 5.02 Å². The van der Waals surface area contributed by atoms with Gasteiger partial charge in [-0.2, -0.15) is 0 Å². The van der Waals surface area contributed by atoms with Crippen molar-refractivity contribution in [3.8, 4) is 0 Å². The lowest BCUT2D eigenvalue weighted by molar-refractivity contribution is -0.130. The number of Topliss-reactive ketones (excluding diaryl/α,β-unsaturated/α-hetero) is 2. The van der Waals surface area contributed by atoms with Gasteiger partial charge in [0, 0.05) is 62.0 Å². The molecule has 0 unspecified atom stereocenters. The Balaban J connectivity index is 1.43. The minimum atomic E-state index is -0.497. The molecule has 2 heterocycles. The number of halogens is 1. The predicted molar refractivity (Wildman–Crippen MR) is 166 cm³/mol. The van der Waals surface area contributed by atoms with Gasteiger partial charge in [0.1, 0.15) is 5.78 Å². The van der Waals surface area contributed by atoms with Crippen LogP contribution in [0.1, 0.15) is 76.1 Å². The smallest absolute Gasteiger partial charge is 0.224 e. The molecule has 224 valence electrons. The third kappa shape index (κ3) is 9.70. The molecule has 7 nitrogen and oxygen atoms in total. The van der Waals surface area contributed by atoms with Crippen molar-refractivity contribution in [1.29, 1.82) is 0 Å². The maximum atomic E-state index is 13.8. The van der Waals surface area contributed by atoms with Gasteiger partial charge in [-0.05, 0) is 49.8 Å². The second-order valence-electron chi connectivity index (χ2n) is 11.6. The highest BCUT2D eigenvalue weighted by Crippen LogP contribution is 2.31. The number of amides is 1. The molecule has 1 aromatic carbocycles. The molecule has 9 heteroatoms. The summed E-state index contributed by atoms with van der Waals surface area (Å²) >= 11 is 7.70. The Bertz CT molecular complexity index is 1200. The lowest BCUT2D eigenvalue weighted by atomic mass is 9.81. The van der Waals surface area contributed by atoms with E-state index >= 15 is 0 Å². The number of nitrogens with one attached hydrogen (secondary N) is 1. The summed E-state index contributed by atoms with van der Waals surface area (Å²) in [6.45, 7) is 9.62. The molecule has 1 N–H and O–H groups in total. The number of aromatic nitrogens is 1. The van der Waals surface area contributed by atoms with Crippen molar-refractivity contribution in [1.82, 2.24) is 15.2 Å². The van der Waals surface area contributed by atoms with Crippen LogP contribution in [-0.2, 0) is 25.5 Å². The molecule has 1 saturated carbocycles. The second-order valence-corrected chi connectivity index (χ2v) is 13.1. The number of carbonyl (C=O) groups is 3. The summed E-state index contributed by atoms with van der Waals surface area (Å²) in [6, 6.07) is 5.49. The third-order valence-corrected chi connectivity index (χ3v) is 9.61. The first kappa shape index (κ1) is 31.8. The molecule has 0 radical (unpaired) electrons. The predicted octanol–water partition coefficient (Wildman–Crippen LogP) is 6.17. The van der Waals surface area contributed by atoms with Gasteiger partial charge in [0.25, 0.3) is 0 Å². The van der Waals surface area contributed by atoms with E-state index in [4.69, 9.17) is 21.3 Å². The maximum Gasteiger partial charge on any atom is 0.224 e. The summed E-state index contributed by atoms with van der Waals surface area (Å²) in [6.07, 6.45) is 8.37. The van der Waals surface area contributed by atoms with Gasteiger partial charge in [0.2, 0.25) is 5.91 Å². The van der Waals surface area contributed by atoms with Crippen LogP contribution < -0.4 is 5.32 Å². The summed E-state index contributed by atoms with van der Waals surface area (Å²) in [7, 11) is 0. The van der Waals surface area contributed by atoms with E-state index in [1.54, 1.807) is 0 Å². The number of hydrogen-bond donors (Lipinski definition) is 1. The van der Waals surface area contributed by atoms with E-state index in [2.05, 4.69) is 16.8 Å². The van der Waals surface area contributed by atoms with Crippen LogP contribution >= 0.6 is 22.9 Å². The minimum absolute atomic E-state index is 0.0642. The number of hydrogen-bond acceptors (Lipinski definition) is 7. The number of ether oxygens (including phenoxy) is 1. The Morgan fingerprint density at radius 2 is 1.93 bits per heavy atom. The summed E-state index contributed by atoms with van der Waals surface area (Å²) in [5.41, 5.74) is 1.48. The average Bonchev–Trinajstić information content (AvgIpc) is 3.37. The van der Waals surface area contributed by atoms with Gasteiger partial charge in [-0.25, -0.2) is 4.98 Å². The summed E-state index contributed by atoms with van der Waals surface area (Å²) in [4.78, 5) is 46.5. The fraction of sp³-hybridized carbons (Fsp3) is 0.625. The third-order valence-electron chi connectivity index (χ3n) is 8.33. The molecule has 0 bridgehead atoms. The molecule has 2 aliphatic rings. The molecule has 0 spiro atoms. The molecule has 1 aliphatic heterocycles. The minimum Gasteiger partial charge on any atom is -0.379 e. The molecule has 2 fully saturated rings. The molecule has 2 atom stereocenters. The lowest BCUT2D eigenvalue weighted by Crippen LogP contribution is -2.45. The summed E-state index contributed by atoms with van der Waals surface area (Å²) in [5.74, 6) is -0.107. The highest BCUT2D eigenvalue weighted by atomic mass is 35.5. The Kier molecular flexibility index (Phi) is 12.3. The number of morpholine rings is 1. The molecule has 2 aromatic rings. The van der Waals surface area contributed by atoms with E-state index < -0.39 is 5.92 Å². The Morgan fingerprint density at radius 3 is 2.66 bits per heavy atom. The SMILES string of the molecule is C=C(CN1CCOCC1)C(=O)CC[C@@H](NC(=O)[C@@H](CC(=O)CCC)Cc1nc2ccc(Cl)cc2s1)C1CCCCC1. The van der Waals surface area contributed by atoms with Crippen LogP contribution in [0.15, 0.2) is 30.4 Å². The van der Waals surface area contributed by atoms with Crippen LogP contribution in [0.4, 0.5) is 0 Å². The van der Waals surface area contributed by atoms with Crippen molar-refractivity contribution in [3.63, 3.8) is 0 Å². The Hall–Kier alpha value is -2.13. The summed E-state index contributed by atoms with van der Waals surface area (Å²) < 4.78 is 6.39. The summed E-state index contributed by atoms with van der Waals surface area (Å²) in [5, 5.41) is 4.81. The Morgan fingerprint density at radius 1 is 1.17 bits per heavy atom. The average molecular weight is 602 g/mol. The van der Waals surface area contributed by atoms with Crippen LogP contribution in [0.3, 0.4) is 0 Å². The van der Waals surface area contributed by atoms with Crippen molar-refractivity contribution < 1.29 is 19.1 Å². The number of benzene rings is 1. The first-order valence-corrected chi connectivity index (χ1v) is 16.4. The zero-order valence-corrected chi connectivity index (χ0v) is 25.9. The monoisotopic (exact) mass is 601 g/mol.